The minimum absolute atomic E-state index is 0.104. The van der Waals surface area contributed by atoms with Crippen molar-refractivity contribution in [3.63, 3.8) is 0 Å². The lowest BCUT2D eigenvalue weighted by Gasteiger charge is -2.41. The van der Waals surface area contributed by atoms with Gasteiger partial charge >= 0.3 is 11.8 Å². The van der Waals surface area contributed by atoms with Crippen molar-refractivity contribution in [1.29, 1.82) is 0 Å². The van der Waals surface area contributed by atoms with Gasteiger partial charge in [-0.2, -0.15) is 13.2 Å². The van der Waals surface area contributed by atoms with Gasteiger partial charge in [-0.3, -0.25) is 4.79 Å². The van der Waals surface area contributed by atoms with E-state index in [0.717, 1.165) is 24.3 Å². The highest BCUT2D eigenvalue weighted by Crippen LogP contribution is 2.52. The first-order valence-corrected chi connectivity index (χ1v) is 13.0. The van der Waals surface area contributed by atoms with Gasteiger partial charge in [0.05, 0.1) is 32.5 Å². The Hall–Kier alpha value is -2.40. The van der Waals surface area contributed by atoms with Crippen molar-refractivity contribution in [2.45, 2.75) is 79.3 Å². The summed E-state index contributed by atoms with van der Waals surface area (Å²) in [5.41, 5.74) is -3.11. The lowest BCUT2D eigenvalue weighted by molar-refractivity contribution is -0.299. The summed E-state index contributed by atoms with van der Waals surface area (Å²) in [5.74, 6) is -0.835. The molecular formula is C24H32F3N3O13. The number of nitrogens with zero attached hydrogens (tertiary/aromatic N) is 2. The summed E-state index contributed by atoms with van der Waals surface area (Å²) in [5, 5.41) is 87.9. The topological polar surface area (TPSA) is 253 Å². The van der Waals surface area contributed by atoms with Crippen LogP contribution >= 0.6 is 0 Å². The van der Waals surface area contributed by atoms with Gasteiger partial charge < -0.3 is 65.1 Å². The second kappa shape index (κ2) is 13.3. The number of halogens is 3. The Morgan fingerprint density at radius 1 is 0.837 bits per heavy atom. The van der Waals surface area contributed by atoms with Gasteiger partial charge in [-0.05, 0) is 12.1 Å². The van der Waals surface area contributed by atoms with Crippen LogP contribution in [0.3, 0.4) is 0 Å². The molecule has 3 aliphatic heterocycles. The smallest absolute Gasteiger partial charge is 0.394 e. The molecule has 1 unspecified atom stereocenters. The van der Waals surface area contributed by atoms with E-state index in [2.05, 4.69) is 15.5 Å². The fraction of sp³-hybridized carbons (Fsp3) is 0.708. The molecule has 43 heavy (non-hydrogen) atoms. The molecule has 0 spiro atoms. The van der Waals surface area contributed by atoms with Gasteiger partial charge in [0.25, 0.3) is 5.91 Å². The second-order valence-electron chi connectivity index (χ2n) is 10.2. The van der Waals surface area contributed by atoms with Crippen molar-refractivity contribution in [3.8, 4) is 0 Å². The minimum Gasteiger partial charge on any atom is -0.394 e. The molecule has 0 aromatic heterocycles. The van der Waals surface area contributed by atoms with E-state index in [-0.39, 0.29) is 11.1 Å². The summed E-state index contributed by atoms with van der Waals surface area (Å²) in [4.78, 5) is 13.0. The molecule has 9 N–H and O–H groups in total. The number of amides is 1. The van der Waals surface area contributed by atoms with Crippen LogP contribution in [0.15, 0.2) is 34.5 Å². The highest BCUT2D eigenvalue weighted by atomic mass is 19.4. The largest absolute Gasteiger partial charge is 0.442 e. The van der Waals surface area contributed by atoms with Gasteiger partial charge in [0.1, 0.15) is 48.8 Å². The Labute approximate surface area is 240 Å². The van der Waals surface area contributed by atoms with Crippen LogP contribution in [-0.2, 0) is 24.6 Å². The van der Waals surface area contributed by atoms with E-state index in [1.807, 2.05) is 0 Å². The SMILES string of the molecule is O=C(NC(CO[C@@H]1[C@H](O)[C@H](O)[C@@H](O)O[C@@H]1CO)CO[C@H]1[C@H](O)[C@H](O)[C@@H](O)O[C@@H]1CO)c1ccc(C2(C(F)(F)F)N=N2)cc1. The number of ether oxygens (including phenoxy) is 4. The number of aliphatic hydroxyl groups is 8. The van der Waals surface area contributed by atoms with E-state index < -0.39 is 112 Å². The second-order valence-corrected chi connectivity index (χ2v) is 10.2. The van der Waals surface area contributed by atoms with Crippen LogP contribution in [0.4, 0.5) is 13.2 Å². The number of carbonyl (C=O) groups is 1. The molecule has 2 saturated heterocycles. The van der Waals surface area contributed by atoms with E-state index >= 15 is 0 Å². The summed E-state index contributed by atoms with van der Waals surface area (Å²) >= 11 is 0. The zero-order chi connectivity index (χ0) is 31.7. The molecule has 11 atom stereocenters. The Morgan fingerprint density at radius 2 is 1.28 bits per heavy atom. The van der Waals surface area contributed by atoms with Crippen molar-refractivity contribution in [2.24, 2.45) is 10.2 Å². The lowest BCUT2D eigenvalue weighted by atomic mass is 9.99. The van der Waals surface area contributed by atoms with Gasteiger partial charge in [0.2, 0.25) is 0 Å². The van der Waals surface area contributed by atoms with Gasteiger partial charge in [-0.1, -0.05) is 12.1 Å². The fourth-order valence-corrected chi connectivity index (χ4v) is 4.70. The average Bonchev–Trinajstić information content (AvgIpc) is 3.80. The normalized spacial score (nSPS) is 36.3. The minimum atomic E-state index is -4.77. The Balaban J connectivity index is 1.48. The van der Waals surface area contributed by atoms with Crippen LogP contribution in [0.5, 0.6) is 0 Å². The van der Waals surface area contributed by atoms with Gasteiger partial charge in [-0.15, -0.1) is 10.2 Å². The molecule has 0 bridgehead atoms. The lowest BCUT2D eigenvalue weighted by Crippen LogP contribution is -2.61. The number of aliphatic hydroxyl groups excluding tert-OH is 8. The predicted molar refractivity (Wildman–Crippen MR) is 130 cm³/mol. The van der Waals surface area contributed by atoms with Crippen LogP contribution in [0, 0.1) is 0 Å². The third kappa shape index (κ3) is 6.97. The maximum absolute atomic E-state index is 13.3. The summed E-state index contributed by atoms with van der Waals surface area (Å²) in [7, 11) is 0. The molecule has 0 aliphatic carbocycles. The van der Waals surface area contributed by atoms with Crippen LogP contribution in [0.2, 0.25) is 0 Å². The monoisotopic (exact) mass is 627 g/mol. The predicted octanol–water partition coefficient (Wildman–Crippen LogP) is -3.40. The van der Waals surface area contributed by atoms with E-state index in [9.17, 15) is 58.8 Å². The van der Waals surface area contributed by atoms with Gasteiger partial charge in [0, 0.05) is 11.1 Å². The third-order valence-corrected chi connectivity index (χ3v) is 7.24. The van der Waals surface area contributed by atoms with Crippen molar-refractivity contribution in [3.05, 3.63) is 35.4 Å². The number of alkyl halides is 3. The number of carbonyl (C=O) groups excluding carboxylic acids is 1. The molecule has 19 heteroatoms. The van der Waals surface area contributed by atoms with E-state index in [1.54, 1.807) is 0 Å². The fourth-order valence-electron chi connectivity index (χ4n) is 4.70. The molecule has 3 aliphatic rings. The number of hydrogen-bond donors (Lipinski definition) is 9. The zero-order valence-corrected chi connectivity index (χ0v) is 22.1. The molecule has 1 aromatic rings. The summed E-state index contributed by atoms with van der Waals surface area (Å²) < 4.78 is 61.2. The molecule has 0 saturated carbocycles. The number of hydrogen-bond acceptors (Lipinski definition) is 15. The first-order valence-electron chi connectivity index (χ1n) is 13.0. The molecule has 1 aromatic carbocycles. The van der Waals surface area contributed by atoms with Crippen molar-refractivity contribution in [1.82, 2.24) is 5.32 Å². The summed E-state index contributed by atoms with van der Waals surface area (Å²) in [6, 6.07) is 3.04. The van der Waals surface area contributed by atoms with E-state index in [0.29, 0.717) is 0 Å². The van der Waals surface area contributed by atoms with Crippen LogP contribution in [0.1, 0.15) is 15.9 Å². The first-order chi connectivity index (χ1) is 20.2. The van der Waals surface area contributed by atoms with E-state index in [4.69, 9.17) is 18.9 Å². The molecular weight excluding hydrogens is 595 g/mol. The number of benzene rings is 1. The molecule has 0 radical (unpaired) electrons. The van der Waals surface area contributed by atoms with E-state index in [1.165, 1.54) is 0 Å². The first kappa shape index (κ1) is 33.5. The number of rotatable bonds is 11. The van der Waals surface area contributed by atoms with Crippen LogP contribution < -0.4 is 5.32 Å². The maximum atomic E-state index is 13.3. The molecule has 1 amide bonds. The standard InChI is InChI=1S/C24H32F3N3O13/c25-24(26,27)23(29-30-23)10-3-1-9(2-4-10)20(37)28-11(7-40-18-12(5-31)42-21(38)16(35)14(18)33)8-41-19-13(6-32)43-22(39)17(36)15(19)34/h1-4,11-19,21-22,31-36,38-39H,5-8H2,(H,28,37)/t11?,12-,13-,14-,15-,16+,17+,18-,19+,21+,22+/m1/s1. The molecule has 16 nitrogen and oxygen atoms in total. The maximum Gasteiger partial charge on any atom is 0.442 e. The molecule has 4 rings (SSSR count). The van der Waals surface area contributed by atoms with Gasteiger partial charge in [0.15, 0.2) is 12.6 Å². The Kier molecular flexibility index (Phi) is 10.4. The van der Waals surface area contributed by atoms with Crippen molar-refractivity contribution >= 4 is 5.91 Å². The summed E-state index contributed by atoms with van der Waals surface area (Å²) in [6.45, 7) is -2.54. The Morgan fingerprint density at radius 3 is 1.65 bits per heavy atom. The number of nitrogens with one attached hydrogen (secondary N) is 1. The van der Waals surface area contributed by atoms with Crippen LogP contribution in [-0.4, -0.2) is 147 Å². The zero-order valence-electron chi connectivity index (χ0n) is 22.1. The van der Waals surface area contributed by atoms with Crippen LogP contribution in [0.25, 0.3) is 0 Å². The van der Waals surface area contributed by atoms with Gasteiger partial charge in [-0.25, -0.2) is 0 Å². The molecule has 2 fully saturated rings. The third-order valence-electron chi connectivity index (χ3n) is 7.24. The van der Waals surface area contributed by atoms with Crippen molar-refractivity contribution < 1.29 is 77.8 Å². The average molecular weight is 628 g/mol. The highest BCUT2D eigenvalue weighted by Gasteiger charge is 2.65. The quantitative estimate of drug-likeness (QED) is 0.116. The van der Waals surface area contributed by atoms with Crippen molar-refractivity contribution in [2.75, 3.05) is 26.4 Å². The molecule has 3 heterocycles. The highest BCUT2D eigenvalue weighted by molar-refractivity contribution is 5.94. The Bertz CT molecular complexity index is 1080. The molecule has 242 valence electrons. The summed E-state index contributed by atoms with van der Waals surface area (Å²) in [6.07, 6.45) is -21.0.